The van der Waals surface area contributed by atoms with Crippen LogP contribution >= 0.6 is 0 Å². The van der Waals surface area contributed by atoms with E-state index in [4.69, 9.17) is 9.47 Å². The Morgan fingerprint density at radius 2 is 1.36 bits per heavy atom. The van der Waals surface area contributed by atoms with E-state index in [9.17, 15) is 29.1 Å². The monoisotopic (exact) mass is 1080 g/mol. The van der Waals surface area contributed by atoms with Crippen LogP contribution in [0.5, 0.6) is 0 Å². The quantitative estimate of drug-likeness (QED) is 0.0406. The van der Waals surface area contributed by atoms with Crippen LogP contribution in [-0.4, -0.2) is 116 Å². The number of carbonyl (C=O) groups is 5. The van der Waals surface area contributed by atoms with Gasteiger partial charge in [-0.2, -0.15) is 0 Å². The van der Waals surface area contributed by atoms with E-state index >= 15 is 0 Å². The minimum absolute atomic E-state index is 0.0111. The summed E-state index contributed by atoms with van der Waals surface area (Å²) in [5, 5.41) is 16.1. The number of amides is 4. The van der Waals surface area contributed by atoms with Crippen LogP contribution in [0.1, 0.15) is 247 Å². The van der Waals surface area contributed by atoms with E-state index in [1.54, 1.807) is 7.11 Å². The Morgan fingerprint density at radius 3 is 2.06 bits per heavy atom. The number of ketones is 1. The van der Waals surface area contributed by atoms with Crippen molar-refractivity contribution in [2.45, 2.75) is 259 Å². The number of ether oxygens (including phenoxy) is 2. The van der Waals surface area contributed by atoms with Crippen molar-refractivity contribution in [1.82, 2.24) is 20.4 Å². The van der Waals surface area contributed by atoms with Crippen molar-refractivity contribution in [3.8, 4) is 0 Å². The predicted molar refractivity (Wildman–Crippen MR) is 311 cm³/mol. The lowest BCUT2D eigenvalue weighted by Gasteiger charge is -2.61. The van der Waals surface area contributed by atoms with Crippen LogP contribution < -0.4 is 10.6 Å². The highest BCUT2D eigenvalue weighted by molar-refractivity contribution is 5.89. The predicted octanol–water partition coefficient (Wildman–Crippen LogP) is 12.7. The smallest absolute Gasteiger partial charge is 0.239 e. The van der Waals surface area contributed by atoms with Gasteiger partial charge in [0, 0.05) is 71.1 Å². The zero-order chi connectivity index (χ0) is 55.5. The minimum Gasteiger partial charge on any atom is -0.396 e. The molecule has 12 heteroatoms. The zero-order valence-electron chi connectivity index (χ0n) is 50.0. The summed E-state index contributed by atoms with van der Waals surface area (Å²) in [5.74, 6) is 3.84. The highest BCUT2D eigenvalue weighted by atomic mass is 16.5. The normalized spacial score (nSPS) is 28.2. The van der Waals surface area contributed by atoms with Gasteiger partial charge in [-0.05, 0) is 168 Å². The fourth-order valence-electron chi connectivity index (χ4n) is 15.9. The number of unbranched alkanes of at least 4 members (excludes halogenated alkanes) is 14. The van der Waals surface area contributed by atoms with Gasteiger partial charge in [-0.25, -0.2) is 0 Å². The molecule has 4 aliphatic carbocycles. The van der Waals surface area contributed by atoms with Gasteiger partial charge in [0.1, 0.15) is 0 Å². The first kappa shape index (κ1) is 65.0. The second-order valence-corrected chi connectivity index (χ2v) is 25.9. The van der Waals surface area contributed by atoms with Crippen LogP contribution in [-0.2, 0) is 33.4 Å². The first-order chi connectivity index (χ1) is 37.3. The number of rotatable bonds is 39. The van der Waals surface area contributed by atoms with Gasteiger partial charge < -0.3 is 35.0 Å². The summed E-state index contributed by atoms with van der Waals surface area (Å²) in [5.41, 5.74) is 0.601. The van der Waals surface area contributed by atoms with Crippen LogP contribution in [0.25, 0.3) is 0 Å². The van der Waals surface area contributed by atoms with Gasteiger partial charge in [0.15, 0.2) is 5.78 Å². The largest absolute Gasteiger partial charge is 0.396 e. The lowest BCUT2D eigenvalue weighted by molar-refractivity contribution is -0.139. The second kappa shape index (κ2) is 35.1. The molecule has 4 amide bonds. The van der Waals surface area contributed by atoms with E-state index in [-0.39, 0.29) is 66.5 Å². The standard InChI is InChI=1S/C65H114N4O8/c1-7-9-10-11-12-13-14-15-16-17-18-19-20-21-25-28-60(72)67-53-36-38-64(4)52(44-53)31-32-56-58-34-33-57(65(58,5)39-37-59(56)64)50(3)30-35-62(74)68(47-61(73)66-40-42-77-41-8-2)46-55(71)27-24-22-23-26-29-63(75)69-45-51(48-70)43-54(69)49-76-6/h15-16,50-54,56-59,70H,7-14,17-49H2,1-6H3,(H,66,73)(H,67,72)/b16-15-/t50-,51-,52?,53?,54+,56?,57-,58?,59?,64+,65-/m1/s1. The molecule has 1 saturated heterocycles. The number of aliphatic hydroxyl groups excluding tert-OH is 1. The third-order valence-corrected chi connectivity index (χ3v) is 20.3. The third-order valence-electron chi connectivity index (χ3n) is 20.3. The number of fused-ring (bicyclic) bond motifs is 5. The maximum absolute atomic E-state index is 14.1. The summed E-state index contributed by atoms with van der Waals surface area (Å²) in [6.07, 6.45) is 39.6. The highest BCUT2D eigenvalue weighted by Gasteiger charge is 2.60. The lowest BCUT2D eigenvalue weighted by Crippen LogP contribution is -2.55. The number of hydrogen-bond acceptors (Lipinski definition) is 8. The van der Waals surface area contributed by atoms with E-state index in [2.05, 4.69) is 50.5 Å². The van der Waals surface area contributed by atoms with E-state index < -0.39 is 0 Å². The van der Waals surface area contributed by atoms with Crippen LogP contribution in [0.2, 0.25) is 0 Å². The summed E-state index contributed by atoms with van der Waals surface area (Å²) in [4.78, 5) is 70.2. The summed E-state index contributed by atoms with van der Waals surface area (Å²) in [6, 6.07) is 0.330. The molecule has 11 atom stereocenters. The summed E-state index contributed by atoms with van der Waals surface area (Å²) >= 11 is 0. The maximum atomic E-state index is 14.1. The minimum atomic E-state index is -0.270. The molecular formula is C65H114N4O8. The van der Waals surface area contributed by atoms with Gasteiger partial charge in [0.05, 0.1) is 32.3 Å². The van der Waals surface area contributed by atoms with E-state index in [1.165, 1.54) is 120 Å². The molecule has 77 heavy (non-hydrogen) atoms. The van der Waals surface area contributed by atoms with Crippen LogP contribution in [0.3, 0.4) is 0 Å². The molecule has 0 radical (unpaired) electrons. The number of nitrogens with one attached hydrogen (secondary N) is 2. The Labute approximate surface area is 469 Å². The van der Waals surface area contributed by atoms with Crippen molar-refractivity contribution in [2.24, 2.45) is 52.3 Å². The molecule has 0 aromatic rings. The second-order valence-electron chi connectivity index (χ2n) is 25.9. The Balaban J connectivity index is 1.02. The SMILES string of the molecule is CCCCCCCC/C=C\CCCCCCCC(=O)NC1CC[C@@]2(C)C(CCC3C2CC[C@@]2(C)C3CC[C@@H]2[C@H](C)CCC(=O)N(CC(=O)CCCCCCC(=O)N2C[C@H](CO)C[C@H]2COC)CC(=O)NCCOCCC)C1. The Bertz CT molecular complexity index is 1780. The molecule has 3 N–H and O–H groups in total. The van der Waals surface area contributed by atoms with E-state index in [0.717, 1.165) is 76.0 Å². The van der Waals surface area contributed by atoms with Gasteiger partial charge in [-0.1, -0.05) is 111 Å². The number of likely N-dealkylation sites (tertiary alicyclic amines) is 1. The number of hydrogen-bond donors (Lipinski definition) is 3. The molecule has 5 rings (SSSR count). The molecule has 4 saturated carbocycles. The number of aliphatic hydroxyl groups is 1. The maximum Gasteiger partial charge on any atom is 0.239 e. The number of Topliss-reactive ketones (excluding diaryl/α,β-unsaturated/α-hetero) is 1. The van der Waals surface area contributed by atoms with Crippen molar-refractivity contribution in [3.05, 3.63) is 12.2 Å². The van der Waals surface area contributed by atoms with Gasteiger partial charge >= 0.3 is 0 Å². The fourth-order valence-corrected chi connectivity index (χ4v) is 15.9. The number of carbonyl (C=O) groups excluding carboxylic acids is 5. The molecule has 12 nitrogen and oxygen atoms in total. The first-order valence-corrected chi connectivity index (χ1v) is 32.2. The number of nitrogens with zero attached hydrogens (tertiary/aromatic N) is 2. The lowest BCUT2D eigenvalue weighted by atomic mass is 9.44. The van der Waals surface area contributed by atoms with Crippen LogP contribution in [0, 0.1) is 52.3 Å². The van der Waals surface area contributed by atoms with Crippen molar-refractivity contribution < 1.29 is 38.6 Å². The molecule has 442 valence electrons. The summed E-state index contributed by atoms with van der Waals surface area (Å²) in [6.45, 7) is 14.2. The molecule has 0 spiro atoms. The molecule has 5 fully saturated rings. The molecule has 5 aliphatic rings. The molecule has 0 aromatic carbocycles. The van der Waals surface area contributed by atoms with Crippen molar-refractivity contribution >= 4 is 29.4 Å². The van der Waals surface area contributed by atoms with E-state index in [0.29, 0.717) is 100 Å². The summed E-state index contributed by atoms with van der Waals surface area (Å²) in [7, 11) is 1.64. The van der Waals surface area contributed by atoms with Crippen LogP contribution in [0.15, 0.2) is 12.2 Å². The van der Waals surface area contributed by atoms with Gasteiger partial charge in [0.2, 0.25) is 23.6 Å². The fraction of sp³-hybridized carbons (Fsp3) is 0.892. The first-order valence-electron chi connectivity index (χ1n) is 32.2. The molecular weight excluding hydrogens is 965 g/mol. The highest BCUT2D eigenvalue weighted by Crippen LogP contribution is 2.68. The molecule has 1 aliphatic heterocycles. The molecule has 0 bridgehead atoms. The van der Waals surface area contributed by atoms with Crippen LogP contribution in [0.4, 0.5) is 0 Å². The van der Waals surface area contributed by atoms with Crippen molar-refractivity contribution in [2.75, 3.05) is 59.7 Å². The Hall–Kier alpha value is -2.83. The topological polar surface area (TPSA) is 155 Å². The number of methoxy groups -OCH3 is 1. The van der Waals surface area contributed by atoms with Gasteiger partial charge in [-0.15, -0.1) is 0 Å². The summed E-state index contributed by atoms with van der Waals surface area (Å²) < 4.78 is 10.9. The van der Waals surface area contributed by atoms with Gasteiger partial charge in [-0.3, -0.25) is 24.0 Å². The average Bonchev–Trinajstić information content (AvgIpc) is 4.09. The Morgan fingerprint density at radius 1 is 0.701 bits per heavy atom. The Kier molecular flexibility index (Phi) is 29.6. The zero-order valence-corrected chi connectivity index (χ0v) is 50.0. The van der Waals surface area contributed by atoms with Crippen molar-refractivity contribution in [3.63, 3.8) is 0 Å². The van der Waals surface area contributed by atoms with Crippen molar-refractivity contribution in [1.29, 1.82) is 0 Å². The molecule has 1 heterocycles. The number of allylic oxidation sites excluding steroid dienone is 2. The average molecular weight is 1080 g/mol. The third kappa shape index (κ3) is 20.6. The molecule has 0 aromatic heterocycles. The van der Waals surface area contributed by atoms with E-state index in [1.807, 2.05) is 11.8 Å². The van der Waals surface area contributed by atoms with Gasteiger partial charge in [0.25, 0.3) is 0 Å². The molecule has 5 unspecified atom stereocenters.